The first-order valence-electron chi connectivity index (χ1n) is 5.23. The smallest absolute Gasteiger partial charge is 0.169 e. The molecule has 1 atom stereocenters. The van der Waals surface area contributed by atoms with Crippen LogP contribution in [0.25, 0.3) is 11.0 Å². The molecule has 2 rings (SSSR count). The van der Waals surface area contributed by atoms with Crippen LogP contribution < -0.4 is 11.1 Å². The van der Waals surface area contributed by atoms with Gasteiger partial charge in [0.25, 0.3) is 0 Å². The van der Waals surface area contributed by atoms with Crippen LogP contribution in [-0.2, 0) is 10.8 Å². The molecule has 0 aliphatic carbocycles. The third-order valence-electron chi connectivity index (χ3n) is 2.28. The molecule has 0 amide bonds. The molecule has 5 nitrogen and oxygen atoms in total. The van der Waals surface area contributed by atoms with Gasteiger partial charge in [-0.05, 0) is 12.1 Å². The highest BCUT2D eigenvalue weighted by molar-refractivity contribution is 7.84. The average Bonchev–Trinajstić information content (AvgIpc) is 2.29. The van der Waals surface area contributed by atoms with Gasteiger partial charge in [0, 0.05) is 29.4 Å². The first-order chi connectivity index (χ1) is 8.16. The normalized spacial score (nSPS) is 12.5. The second-order valence-corrected chi connectivity index (χ2v) is 5.20. The second-order valence-electron chi connectivity index (χ2n) is 3.65. The molecule has 0 spiro atoms. The van der Waals surface area contributed by atoms with E-state index >= 15 is 0 Å². The lowest BCUT2D eigenvalue weighted by atomic mass is 10.3. The van der Waals surface area contributed by atoms with E-state index in [1.54, 1.807) is 6.26 Å². The molecule has 0 aliphatic rings. The number of aromatic nitrogens is 2. The van der Waals surface area contributed by atoms with Crippen LogP contribution in [0.3, 0.4) is 0 Å². The number of nitrogens with one attached hydrogen (secondary N) is 1. The maximum atomic E-state index is 10.9. The summed E-state index contributed by atoms with van der Waals surface area (Å²) >= 11 is 0. The summed E-state index contributed by atoms with van der Waals surface area (Å²) in [4.78, 5) is 8.62. The van der Waals surface area contributed by atoms with E-state index in [1.165, 1.54) is 0 Å². The van der Waals surface area contributed by atoms with E-state index in [0.717, 1.165) is 11.0 Å². The summed E-state index contributed by atoms with van der Waals surface area (Å²) in [6, 6.07) is 7.54. The van der Waals surface area contributed by atoms with Gasteiger partial charge < -0.3 is 11.1 Å². The fourth-order valence-electron chi connectivity index (χ4n) is 1.46. The number of nitrogens with zero attached hydrogens (tertiary/aromatic N) is 2. The summed E-state index contributed by atoms with van der Waals surface area (Å²) in [6.07, 6.45) is 1.66. The number of benzene rings is 1. The maximum absolute atomic E-state index is 10.9. The summed E-state index contributed by atoms with van der Waals surface area (Å²) in [7, 11) is -0.824. The maximum Gasteiger partial charge on any atom is 0.169 e. The van der Waals surface area contributed by atoms with Crippen molar-refractivity contribution in [2.24, 2.45) is 0 Å². The number of para-hydroxylation sites is 2. The summed E-state index contributed by atoms with van der Waals surface area (Å²) in [5.41, 5.74) is 7.36. The van der Waals surface area contributed by atoms with Gasteiger partial charge in [-0.15, -0.1) is 0 Å². The molecule has 0 radical (unpaired) electrons. The topological polar surface area (TPSA) is 80.9 Å². The SMILES string of the molecule is CS(=O)CCNc1nc2ccccc2nc1N. The number of nitrogen functional groups attached to an aromatic ring is 1. The third-order valence-corrected chi connectivity index (χ3v) is 3.06. The quantitative estimate of drug-likeness (QED) is 0.846. The van der Waals surface area contributed by atoms with Crippen LogP contribution in [0.15, 0.2) is 24.3 Å². The molecule has 0 bridgehead atoms. The summed E-state index contributed by atoms with van der Waals surface area (Å²) < 4.78 is 10.9. The minimum Gasteiger partial charge on any atom is -0.381 e. The molecule has 1 aromatic heterocycles. The third kappa shape index (κ3) is 2.91. The number of hydrogen-bond donors (Lipinski definition) is 2. The van der Waals surface area contributed by atoms with E-state index in [0.29, 0.717) is 23.9 Å². The van der Waals surface area contributed by atoms with Crippen molar-refractivity contribution >= 4 is 33.5 Å². The van der Waals surface area contributed by atoms with Crippen LogP contribution in [0.4, 0.5) is 11.6 Å². The van der Waals surface area contributed by atoms with E-state index in [2.05, 4.69) is 15.3 Å². The van der Waals surface area contributed by atoms with Crippen molar-refractivity contribution in [3.8, 4) is 0 Å². The molecule has 6 heteroatoms. The zero-order valence-corrected chi connectivity index (χ0v) is 10.3. The van der Waals surface area contributed by atoms with Crippen LogP contribution in [0.1, 0.15) is 0 Å². The predicted molar refractivity (Wildman–Crippen MR) is 71.4 cm³/mol. The van der Waals surface area contributed by atoms with Gasteiger partial charge in [-0.3, -0.25) is 4.21 Å². The number of hydrogen-bond acceptors (Lipinski definition) is 5. The summed E-state index contributed by atoms with van der Waals surface area (Å²) in [5, 5.41) is 3.04. The van der Waals surface area contributed by atoms with Gasteiger partial charge in [-0.25, -0.2) is 9.97 Å². The van der Waals surface area contributed by atoms with Crippen molar-refractivity contribution in [3.05, 3.63) is 24.3 Å². The monoisotopic (exact) mass is 250 g/mol. The van der Waals surface area contributed by atoms with Crippen molar-refractivity contribution in [1.29, 1.82) is 0 Å². The van der Waals surface area contributed by atoms with Crippen LogP contribution in [0, 0.1) is 0 Å². The largest absolute Gasteiger partial charge is 0.381 e. The zero-order valence-electron chi connectivity index (χ0n) is 9.51. The Balaban J connectivity index is 2.22. The number of fused-ring (bicyclic) bond motifs is 1. The Labute approximate surface area is 102 Å². The molecule has 2 aromatic rings. The van der Waals surface area contributed by atoms with Crippen molar-refractivity contribution in [2.75, 3.05) is 29.6 Å². The second kappa shape index (κ2) is 5.09. The highest BCUT2D eigenvalue weighted by Gasteiger charge is 2.04. The highest BCUT2D eigenvalue weighted by atomic mass is 32.2. The van der Waals surface area contributed by atoms with E-state index in [9.17, 15) is 4.21 Å². The fourth-order valence-corrected chi connectivity index (χ4v) is 1.85. The Hall–Kier alpha value is -1.69. The molecule has 0 saturated carbocycles. The lowest BCUT2D eigenvalue weighted by Gasteiger charge is -2.08. The summed E-state index contributed by atoms with van der Waals surface area (Å²) in [5.74, 6) is 1.48. The van der Waals surface area contributed by atoms with Crippen molar-refractivity contribution in [2.45, 2.75) is 0 Å². The highest BCUT2D eigenvalue weighted by Crippen LogP contribution is 2.17. The molecule has 0 fully saturated rings. The van der Waals surface area contributed by atoms with Crippen LogP contribution in [-0.4, -0.2) is 32.7 Å². The minimum absolute atomic E-state index is 0.366. The lowest BCUT2D eigenvalue weighted by molar-refractivity contribution is 0.687. The molecule has 1 heterocycles. The number of nitrogens with two attached hydrogens (primary N) is 1. The molecule has 1 unspecified atom stereocenters. The van der Waals surface area contributed by atoms with Gasteiger partial charge in [0.05, 0.1) is 11.0 Å². The Morgan fingerprint density at radius 2 is 1.94 bits per heavy atom. The van der Waals surface area contributed by atoms with Gasteiger partial charge in [-0.1, -0.05) is 12.1 Å². The molecule has 17 heavy (non-hydrogen) atoms. The Bertz CT molecular complexity index is 558. The van der Waals surface area contributed by atoms with Crippen molar-refractivity contribution in [1.82, 2.24) is 9.97 Å². The van der Waals surface area contributed by atoms with Gasteiger partial charge in [0.2, 0.25) is 0 Å². The molecule has 3 N–H and O–H groups in total. The van der Waals surface area contributed by atoms with Crippen LogP contribution in [0.2, 0.25) is 0 Å². The molecular weight excluding hydrogens is 236 g/mol. The first kappa shape index (κ1) is 11.8. The predicted octanol–water partition coefficient (Wildman–Crippen LogP) is 1.00. The lowest BCUT2D eigenvalue weighted by Crippen LogP contribution is -2.13. The van der Waals surface area contributed by atoms with Gasteiger partial charge in [-0.2, -0.15) is 0 Å². The average molecular weight is 250 g/mol. The molecule has 0 saturated heterocycles. The molecule has 1 aromatic carbocycles. The van der Waals surface area contributed by atoms with Gasteiger partial charge in [0.1, 0.15) is 0 Å². The Morgan fingerprint density at radius 1 is 1.29 bits per heavy atom. The summed E-state index contributed by atoms with van der Waals surface area (Å²) in [6.45, 7) is 0.570. The van der Waals surface area contributed by atoms with E-state index in [1.807, 2.05) is 24.3 Å². The number of anilines is 2. The molecule has 0 aliphatic heterocycles. The molecular formula is C11H14N4OS. The fraction of sp³-hybridized carbons (Fsp3) is 0.273. The Morgan fingerprint density at radius 3 is 2.59 bits per heavy atom. The number of rotatable bonds is 4. The Kier molecular flexibility index (Phi) is 3.53. The van der Waals surface area contributed by atoms with Crippen LogP contribution >= 0.6 is 0 Å². The van der Waals surface area contributed by atoms with E-state index < -0.39 is 10.8 Å². The van der Waals surface area contributed by atoms with E-state index in [-0.39, 0.29) is 0 Å². The minimum atomic E-state index is -0.824. The van der Waals surface area contributed by atoms with Crippen molar-refractivity contribution in [3.63, 3.8) is 0 Å². The zero-order chi connectivity index (χ0) is 12.3. The van der Waals surface area contributed by atoms with Gasteiger partial charge in [0.15, 0.2) is 11.6 Å². The first-order valence-corrected chi connectivity index (χ1v) is 6.95. The van der Waals surface area contributed by atoms with Gasteiger partial charge >= 0.3 is 0 Å². The molecule has 90 valence electrons. The standard InChI is InChI=1S/C11H14N4OS/c1-17(16)7-6-13-11-10(12)14-8-4-2-3-5-9(8)15-11/h2-5H,6-7H2,1H3,(H2,12,14)(H,13,15). The van der Waals surface area contributed by atoms with Crippen LogP contribution in [0.5, 0.6) is 0 Å². The van der Waals surface area contributed by atoms with Crippen molar-refractivity contribution < 1.29 is 4.21 Å². The van der Waals surface area contributed by atoms with E-state index in [4.69, 9.17) is 5.73 Å².